The Morgan fingerprint density at radius 1 is 1.10 bits per heavy atom. The van der Waals surface area contributed by atoms with Crippen LogP contribution in [-0.2, 0) is 4.84 Å². The van der Waals surface area contributed by atoms with Crippen LogP contribution >= 0.6 is 11.6 Å². The smallest absolute Gasteiger partial charge is 0.0933 e. The minimum absolute atomic E-state index is 0.0700. The van der Waals surface area contributed by atoms with Crippen LogP contribution in [0.2, 0.25) is 5.02 Å². The Morgan fingerprint density at radius 3 is 2.62 bits per heavy atom. The van der Waals surface area contributed by atoms with Gasteiger partial charge in [-0.25, -0.2) is 5.06 Å². The summed E-state index contributed by atoms with van der Waals surface area (Å²) in [4.78, 5) is 5.55. The van der Waals surface area contributed by atoms with Crippen LogP contribution in [0.25, 0.3) is 12.2 Å². The molecule has 1 aliphatic rings. The first-order chi connectivity index (χ1) is 10.3. The average molecular weight is 298 g/mol. The van der Waals surface area contributed by atoms with Crippen LogP contribution in [0.3, 0.4) is 0 Å². The number of halogens is 1. The van der Waals surface area contributed by atoms with Crippen molar-refractivity contribution in [3.05, 3.63) is 76.8 Å². The molecule has 0 bridgehead atoms. The summed E-state index contributed by atoms with van der Waals surface area (Å²) < 4.78 is 0. The predicted molar refractivity (Wildman–Crippen MR) is 89.2 cm³/mol. The molecule has 3 heteroatoms. The zero-order valence-electron chi connectivity index (χ0n) is 11.7. The van der Waals surface area contributed by atoms with E-state index in [1.807, 2.05) is 41.5 Å². The molecule has 1 aliphatic heterocycles. The number of rotatable bonds is 3. The molecule has 2 aromatic carbocycles. The van der Waals surface area contributed by atoms with Gasteiger partial charge in [-0.15, -0.1) is 0 Å². The van der Waals surface area contributed by atoms with Crippen LogP contribution in [-0.4, -0.2) is 13.2 Å². The fraction of sp³-hybridized carbons (Fsp3) is 0.111. The number of para-hydroxylation sites is 1. The second-order valence-corrected chi connectivity index (χ2v) is 5.26. The Balaban J connectivity index is 1.85. The van der Waals surface area contributed by atoms with E-state index in [0.717, 1.165) is 21.8 Å². The Hall–Kier alpha value is -2.03. The molecule has 0 saturated heterocycles. The molecule has 2 nitrogen and oxygen atoms in total. The summed E-state index contributed by atoms with van der Waals surface area (Å²) >= 11 is 5.90. The maximum absolute atomic E-state index is 5.90. The molecule has 0 aromatic heterocycles. The summed E-state index contributed by atoms with van der Waals surface area (Å²) in [6, 6.07) is 16.0. The largest absolute Gasteiger partial charge is 0.276 e. The molecule has 1 heterocycles. The highest BCUT2D eigenvalue weighted by atomic mass is 35.5. The quantitative estimate of drug-likeness (QED) is 0.805. The van der Waals surface area contributed by atoms with Crippen molar-refractivity contribution < 1.29 is 4.84 Å². The van der Waals surface area contributed by atoms with Crippen LogP contribution in [0.4, 0.5) is 5.69 Å². The molecule has 0 spiro atoms. The number of nitrogens with zero attached hydrogens (tertiary/aromatic N) is 1. The molecule has 0 N–H and O–H groups in total. The standard InChI is InChI=1S/C18H16ClNO/c1-21-20-17(12-8-14-6-10-16(19)11-7-14)13-9-15-4-2-3-5-18(15)20/h2-13,17H,1H3. The van der Waals surface area contributed by atoms with Gasteiger partial charge in [0, 0.05) is 5.02 Å². The highest BCUT2D eigenvalue weighted by Crippen LogP contribution is 2.29. The lowest BCUT2D eigenvalue weighted by Gasteiger charge is -2.31. The molecule has 21 heavy (non-hydrogen) atoms. The van der Waals surface area contributed by atoms with Gasteiger partial charge < -0.3 is 0 Å². The molecule has 3 rings (SSSR count). The van der Waals surface area contributed by atoms with Crippen molar-refractivity contribution in [3.63, 3.8) is 0 Å². The first kappa shape index (κ1) is 13.9. The first-order valence-corrected chi connectivity index (χ1v) is 7.20. The lowest BCUT2D eigenvalue weighted by atomic mass is 10.0. The molecule has 1 atom stereocenters. The van der Waals surface area contributed by atoms with Gasteiger partial charge in [0.1, 0.15) is 0 Å². The van der Waals surface area contributed by atoms with Crippen molar-refractivity contribution in [1.82, 2.24) is 0 Å². The zero-order chi connectivity index (χ0) is 14.7. The Labute approximate surface area is 129 Å². The summed E-state index contributed by atoms with van der Waals surface area (Å²) in [5.74, 6) is 0. The molecule has 106 valence electrons. The number of anilines is 1. The second kappa shape index (κ2) is 6.17. The third-order valence-corrected chi connectivity index (χ3v) is 3.72. The van der Waals surface area contributed by atoms with E-state index in [2.05, 4.69) is 36.4 Å². The van der Waals surface area contributed by atoms with E-state index in [1.165, 1.54) is 0 Å². The third-order valence-electron chi connectivity index (χ3n) is 3.47. The van der Waals surface area contributed by atoms with Crippen LogP contribution < -0.4 is 5.06 Å². The number of hydrogen-bond acceptors (Lipinski definition) is 2. The maximum atomic E-state index is 5.90. The van der Waals surface area contributed by atoms with Gasteiger partial charge in [0.2, 0.25) is 0 Å². The molecule has 0 saturated carbocycles. The van der Waals surface area contributed by atoms with E-state index in [1.54, 1.807) is 7.11 Å². The van der Waals surface area contributed by atoms with E-state index in [-0.39, 0.29) is 6.04 Å². The minimum Gasteiger partial charge on any atom is -0.276 e. The Morgan fingerprint density at radius 2 is 1.86 bits per heavy atom. The second-order valence-electron chi connectivity index (χ2n) is 4.83. The predicted octanol–water partition coefficient (Wildman–Crippen LogP) is 4.82. The summed E-state index contributed by atoms with van der Waals surface area (Å²) in [5.41, 5.74) is 3.35. The Bertz CT molecular complexity index is 676. The average Bonchev–Trinajstić information content (AvgIpc) is 2.53. The number of benzene rings is 2. The summed E-state index contributed by atoms with van der Waals surface area (Å²) in [6.07, 6.45) is 8.43. The van der Waals surface area contributed by atoms with E-state index in [0.29, 0.717) is 0 Å². The lowest BCUT2D eigenvalue weighted by molar-refractivity contribution is 0.160. The molecule has 0 fully saturated rings. The van der Waals surface area contributed by atoms with Crippen molar-refractivity contribution >= 4 is 29.4 Å². The van der Waals surface area contributed by atoms with Crippen molar-refractivity contribution in [1.29, 1.82) is 0 Å². The molecule has 2 aromatic rings. The SMILES string of the molecule is CON1c2ccccc2C=CC1C=Cc1ccc(Cl)cc1. The minimum atomic E-state index is 0.0700. The van der Waals surface area contributed by atoms with Gasteiger partial charge in [-0.05, 0) is 29.3 Å². The van der Waals surface area contributed by atoms with Crippen molar-refractivity contribution in [3.8, 4) is 0 Å². The van der Waals surface area contributed by atoms with Gasteiger partial charge >= 0.3 is 0 Å². The molecular formula is C18H16ClNO. The normalized spacial score (nSPS) is 17.2. The van der Waals surface area contributed by atoms with Crippen LogP contribution in [0.1, 0.15) is 11.1 Å². The number of fused-ring (bicyclic) bond motifs is 1. The highest BCUT2D eigenvalue weighted by molar-refractivity contribution is 6.30. The van der Waals surface area contributed by atoms with Gasteiger partial charge in [-0.1, -0.05) is 66.2 Å². The zero-order valence-corrected chi connectivity index (χ0v) is 12.5. The van der Waals surface area contributed by atoms with Gasteiger partial charge in [0.05, 0.1) is 18.8 Å². The van der Waals surface area contributed by atoms with E-state index < -0.39 is 0 Å². The lowest BCUT2D eigenvalue weighted by Crippen LogP contribution is -2.33. The number of hydrogen-bond donors (Lipinski definition) is 0. The van der Waals surface area contributed by atoms with Crippen molar-refractivity contribution in [2.24, 2.45) is 0 Å². The van der Waals surface area contributed by atoms with Gasteiger partial charge in [-0.2, -0.15) is 0 Å². The molecular weight excluding hydrogens is 282 g/mol. The van der Waals surface area contributed by atoms with E-state index in [9.17, 15) is 0 Å². The van der Waals surface area contributed by atoms with Gasteiger partial charge in [0.15, 0.2) is 0 Å². The van der Waals surface area contributed by atoms with E-state index >= 15 is 0 Å². The van der Waals surface area contributed by atoms with Crippen LogP contribution in [0, 0.1) is 0 Å². The monoisotopic (exact) mass is 297 g/mol. The first-order valence-electron chi connectivity index (χ1n) is 6.82. The maximum Gasteiger partial charge on any atom is 0.0933 e. The molecule has 0 aliphatic carbocycles. The molecule has 0 radical (unpaired) electrons. The summed E-state index contributed by atoms with van der Waals surface area (Å²) in [7, 11) is 1.69. The van der Waals surface area contributed by atoms with Crippen LogP contribution in [0.15, 0.2) is 60.7 Å². The topological polar surface area (TPSA) is 12.5 Å². The summed E-state index contributed by atoms with van der Waals surface area (Å²) in [6.45, 7) is 0. The van der Waals surface area contributed by atoms with Crippen molar-refractivity contribution in [2.45, 2.75) is 6.04 Å². The van der Waals surface area contributed by atoms with E-state index in [4.69, 9.17) is 16.4 Å². The fourth-order valence-corrected chi connectivity index (χ4v) is 2.54. The fourth-order valence-electron chi connectivity index (χ4n) is 2.42. The molecule has 0 amide bonds. The number of hydroxylamine groups is 1. The van der Waals surface area contributed by atoms with Crippen LogP contribution in [0.5, 0.6) is 0 Å². The van der Waals surface area contributed by atoms with Gasteiger partial charge in [0.25, 0.3) is 0 Å². The summed E-state index contributed by atoms with van der Waals surface area (Å²) in [5, 5.41) is 2.65. The van der Waals surface area contributed by atoms with Crippen molar-refractivity contribution in [2.75, 3.05) is 12.2 Å². The Kier molecular flexibility index (Phi) is 4.09. The highest BCUT2D eigenvalue weighted by Gasteiger charge is 2.19. The molecule has 1 unspecified atom stereocenters. The van der Waals surface area contributed by atoms with Gasteiger partial charge in [-0.3, -0.25) is 4.84 Å². The third kappa shape index (κ3) is 3.02.